The zero-order valence-electron chi connectivity index (χ0n) is 7.40. The fraction of sp³-hybridized carbons (Fsp3) is 0.778. The minimum Gasteiger partial charge on any atom is -0.374 e. The molecule has 0 rings (SSSR count). The maximum absolute atomic E-state index is 12.8. The van der Waals surface area contributed by atoms with Crippen LogP contribution in [-0.4, -0.2) is 17.1 Å². The van der Waals surface area contributed by atoms with Gasteiger partial charge in [-0.2, -0.15) is 0 Å². The summed E-state index contributed by atoms with van der Waals surface area (Å²) < 4.78 is 25.7. The second kappa shape index (κ2) is 5.10. The maximum Gasteiger partial charge on any atom is 0.284 e. The number of alkyl halides is 2. The van der Waals surface area contributed by atoms with Gasteiger partial charge in [0, 0.05) is 6.42 Å². The van der Waals surface area contributed by atoms with Gasteiger partial charge in [0.15, 0.2) is 6.10 Å². The van der Waals surface area contributed by atoms with Crippen LogP contribution in [0, 0.1) is 11.8 Å². The average molecular weight is 176 g/mol. The van der Waals surface area contributed by atoms with E-state index in [0.29, 0.717) is 12.8 Å². The van der Waals surface area contributed by atoms with Gasteiger partial charge in [-0.25, -0.2) is 8.78 Å². The highest BCUT2D eigenvalue weighted by molar-refractivity contribution is 5.06. The minimum absolute atomic E-state index is 0.292. The van der Waals surface area contributed by atoms with E-state index in [-0.39, 0.29) is 6.42 Å². The Balaban J connectivity index is 4.05. The van der Waals surface area contributed by atoms with E-state index >= 15 is 0 Å². The van der Waals surface area contributed by atoms with Crippen LogP contribution in [-0.2, 0) is 0 Å². The number of aliphatic hydroxyl groups excluding tert-OH is 1. The third kappa shape index (κ3) is 3.68. The molecule has 0 fully saturated rings. The summed E-state index contributed by atoms with van der Waals surface area (Å²) in [6.07, 6.45) is -0.995. The van der Waals surface area contributed by atoms with Gasteiger partial charge in [-0.05, 0) is 13.3 Å². The van der Waals surface area contributed by atoms with E-state index in [2.05, 4.69) is 11.8 Å². The monoisotopic (exact) mass is 176 g/mol. The molecular weight excluding hydrogens is 162 g/mol. The molecule has 0 aliphatic rings. The summed E-state index contributed by atoms with van der Waals surface area (Å²) in [4.78, 5) is 0. The second-order valence-corrected chi connectivity index (χ2v) is 2.66. The van der Waals surface area contributed by atoms with Crippen molar-refractivity contribution in [1.29, 1.82) is 0 Å². The molecule has 1 unspecified atom stereocenters. The quantitative estimate of drug-likeness (QED) is 0.651. The Kier molecular flexibility index (Phi) is 4.84. The Bertz CT molecular complexity index is 179. The van der Waals surface area contributed by atoms with Gasteiger partial charge < -0.3 is 5.11 Å². The number of rotatable bonds is 4. The van der Waals surface area contributed by atoms with Gasteiger partial charge in [-0.3, -0.25) is 0 Å². The van der Waals surface area contributed by atoms with Gasteiger partial charge in [-0.1, -0.05) is 19.3 Å². The van der Waals surface area contributed by atoms with Crippen LogP contribution >= 0.6 is 0 Å². The molecule has 1 atom stereocenters. The fourth-order valence-electron chi connectivity index (χ4n) is 0.791. The van der Waals surface area contributed by atoms with Crippen molar-refractivity contribution in [3.05, 3.63) is 0 Å². The normalized spacial score (nSPS) is 13.4. The van der Waals surface area contributed by atoms with E-state index in [1.54, 1.807) is 0 Å². The molecule has 0 spiro atoms. The Hall–Kier alpha value is -0.620. The van der Waals surface area contributed by atoms with Crippen LogP contribution in [0.2, 0.25) is 0 Å². The Morgan fingerprint density at radius 3 is 2.50 bits per heavy atom. The first-order valence-electron chi connectivity index (χ1n) is 4.02. The van der Waals surface area contributed by atoms with Crippen molar-refractivity contribution < 1.29 is 13.9 Å². The predicted octanol–water partition coefficient (Wildman–Crippen LogP) is 2.20. The van der Waals surface area contributed by atoms with Crippen molar-refractivity contribution in [3.63, 3.8) is 0 Å². The van der Waals surface area contributed by atoms with Crippen molar-refractivity contribution in [1.82, 2.24) is 0 Å². The second-order valence-electron chi connectivity index (χ2n) is 2.66. The summed E-state index contributed by atoms with van der Waals surface area (Å²) >= 11 is 0. The largest absolute Gasteiger partial charge is 0.374 e. The minimum atomic E-state index is -3.06. The molecular formula is C9H14F2O. The summed E-state index contributed by atoms with van der Waals surface area (Å²) in [6, 6.07) is 0. The molecule has 1 N–H and O–H groups in total. The van der Waals surface area contributed by atoms with Gasteiger partial charge in [0.05, 0.1) is 0 Å². The average Bonchev–Trinajstić information content (AvgIpc) is 2.01. The summed E-state index contributed by atoms with van der Waals surface area (Å²) in [7, 11) is 0. The van der Waals surface area contributed by atoms with Crippen LogP contribution in [0.1, 0.15) is 33.1 Å². The molecule has 0 saturated heterocycles. The summed E-state index contributed by atoms with van der Waals surface area (Å²) in [5.74, 6) is 1.26. The predicted molar refractivity (Wildman–Crippen MR) is 43.9 cm³/mol. The van der Waals surface area contributed by atoms with E-state index in [0.717, 1.165) is 0 Å². The fourth-order valence-corrected chi connectivity index (χ4v) is 0.791. The van der Waals surface area contributed by atoms with Crippen molar-refractivity contribution in [2.75, 3.05) is 0 Å². The molecule has 0 aromatic carbocycles. The van der Waals surface area contributed by atoms with Crippen LogP contribution in [0.15, 0.2) is 0 Å². The number of aliphatic hydroxyl groups is 1. The first-order chi connectivity index (χ1) is 5.54. The highest BCUT2D eigenvalue weighted by Crippen LogP contribution is 2.24. The maximum atomic E-state index is 12.8. The Morgan fingerprint density at radius 1 is 1.50 bits per heavy atom. The lowest BCUT2D eigenvalue weighted by molar-refractivity contribution is -0.0888. The zero-order valence-corrected chi connectivity index (χ0v) is 7.40. The topological polar surface area (TPSA) is 20.2 Å². The van der Waals surface area contributed by atoms with E-state index in [1.807, 2.05) is 6.92 Å². The highest BCUT2D eigenvalue weighted by Gasteiger charge is 2.36. The van der Waals surface area contributed by atoms with E-state index in [9.17, 15) is 8.78 Å². The lowest BCUT2D eigenvalue weighted by Gasteiger charge is -2.17. The van der Waals surface area contributed by atoms with Crippen molar-refractivity contribution >= 4 is 0 Å². The van der Waals surface area contributed by atoms with Gasteiger partial charge in [0.2, 0.25) is 0 Å². The van der Waals surface area contributed by atoms with E-state index in [4.69, 9.17) is 5.11 Å². The summed E-state index contributed by atoms with van der Waals surface area (Å²) in [6.45, 7) is 3.26. The molecule has 0 amide bonds. The third-order valence-electron chi connectivity index (χ3n) is 1.54. The summed E-state index contributed by atoms with van der Waals surface area (Å²) in [5, 5.41) is 8.88. The number of halogens is 2. The number of hydrogen-bond donors (Lipinski definition) is 1. The molecule has 3 heteroatoms. The van der Waals surface area contributed by atoms with Gasteiger partial charge >= 0.3 is 0 Å². The molecule has 0 aromatic rings. The molecule has 0 aliphatic heterocycles. The van der Waals surface area contributed by atoms with Crippen molar-refractivity contribution in [3.8, 4) is 11.8 Å². The number of hydrogen-bond acceptors (Lipinski definition) is 1. The van der Waals surface area contributed by atoms with Crippen LogP contribution in [0.25, 0.3) is 0 Å². The highest BCUT2D eigenvalue weighted by atomic mass is 19.3. The standard InChI is InChI=1S/C9H14F2O/c1-3-5-7-9(10,11)8(12)6-4-2/h8,12H,3,5,7H2,1-2H3. The smallest absolute Gasteiger partial charge is 0.284 e. The Labute approximate surface area is 71.8 Å². The molecule has 0 bridgehead atoms. The number of unbranched alkanes of at least 4 members (excludes halogenated alkanes) is 1. The lowest BCUT2D eigenvalue weighted by Crippen LogP contribution is -2.32. The SMILES string of the molecule is CC#CC(O)C(F)(F)CCCC. The van der Waals surface area contributed by atoms with Crippen LogP contribution in [0.3, 0.4) is 0 Å². The lowest BCUT2D eigenvalue weighted by atomic mass is 10.1. The molecule has 0 aromatic heterocycles. The van der Waals surface area contributed by atoms with Crippen molar-refractivity contribution in [2.45, 2.75) is 45.1 Å². The van der Waals surface area contributed by atoms with Crippen LogP contribution < -0.4 is 0 Å². The first kappa shape index (κ1) is 11.4. The molecule has 1 nitrogen and oxygen atoms in total. The van der Waals surface area contributed by atoms with Gasteiger partial charge in [-0.15, -0.1) is 5.92 Å². The van der Waals surface area contributed by atoms with Crippen molar-refractivity contribution in [2.24, 2.45) is 0 Å². The molecule has 0 heterocycles. The Morgan fingerprint density at radius 2 is 2.08 bits per heavy atom. The summed E-state index contributed by atoms with van der Waals surface area (Å²) in [5.41, 5.74) is 0. The molecule has 70 valence electrons. The van der Waals surface area contributed by atoms with Crippen LogP contribution in [0.4, 0.5) is 8.78 Å². The van der Waals surface area contributed by atoms with Gasteiger partial charge in [0.1, 0.15) is 0 Å². The van der Waals surface area contributed by atoms with Gasteiger partial charge in [0.25, 0.3) is 5.92 Å². The zero-order chi connectivity index (χ0) is 9.61. The molecule has 0 radical (unpaired) electrons. The van der Waals surface area contributed by atoms with Crippen LogP contribution in [0.5, 0.6) is 0 Å². The van der Waals surface area contributed by atoms with E-state index < -0.39 is 12.0 Å². The van der Waals surface area contributed by atoms with E-state index in [1.165, 1.54) is 6.92 Å². The molecule has 12 heavy (non-hydrogen) atoms. The molecule has 0 aliphatic carbocycles. The molecule has 0 saturated carbocycles. The third-order valence-corrected chi connectivity index (χ3v) is 1.54. The first-order valence-corrected chi connectivity index (χ1v) is 4.02.